The molecule has 1 saturated heterocycles. The molecule has 2 rings (SSSR count). The van der Waals surface area contributed by atoms with E-state index < -0.39 is 11.7 Å². The van der Waals surface area contributed by atoms with Crippen molar-refractivity contribution in [3.05, 3.63) is 17.0 Å². The summed E-state index contributed by atoms with van der Waals surface area (Å²) in [5.41, 5.74) is 0.739. The van der Waals surface area contributed by atoms with Gasteiger partial charge < -0.3 is 19.6 Å². The van der Waals surface area contributed by atoms with E-state index in [0.717, 1.165) is 17.0 Å². The molecule has 6 nitrogen and oxygen atoms in total. The maximum absolute atomic E-state index is 12.2. The molecular weight excluding hydrogens is 272 g/mol. The molecule has 0 aliphatic carbocycles. The van der Waals surface area contributed by atoms with Gasteiger partial charge in [-0.05, 0) is 33.1 Å². The van der Waals surface area contributed by atoms with E-state index in [0.29, 0.717) is 32.2 Å². The summed E-state index contributed by atoms with van der Waals surface area (Å²) >= 11 is 0. The number of β-amino-alcohol motifs (C(OH)–C–C–N with tert-alkyl or cyclic N) is 1. The number of likely N-dealkylation sites (tertiary alicyclic amines) is 1. The molecule has 1 amide bonds. The highest BCUT2D eigenvalue weighted by Gasteiger charge is 2.40. The van der Waals surface area contributed by atoms with Crippen molar-refractivity contribution in [3.8, 4) is 0 Å². The minimum Gasteiger partial charge on any atom is -0.388 e. The van der Waals surface area contributed by atoms with Crippen molar-refractivity contribution < 1.29 is 19.5 Å². The summed E-state index contributed by atoms with van der Waals surface area (Å²) < 4.78 is 5.08. The molecule has 2 heterocycles. The second kappa shape index (κ2) is 6.15. The minimum absolute atomic E-state index is 0.00722. The number of piperidine rings is 1. The Bertz CT molecular complexity index is 494. The van der Waals surface area contributed by atoms with Crippen LogP contribution in [0.25, 0.3) is 0 Å². The van der Waals surface area contributed by atoms with Crippen molar-refractivity contribution in [1.29, 1.82) is 0 Å². The molecule has 0 saturated carbocycles. The standard InChI is InChI=1S/C15H24N2O4/c1-4-15(20)7-8-17(9-13(15)18)14(19)6-5-12-10(2)16-21-11(12)3/h13,18,20H,4-9H2,1-3H3/t13-,15-/m1/s1. The minimum atomic E-state index is -1.06. The number of aliphatic hydroxyl groups excluding tert-OH is 1. The van der Waals surface area contributed by atoms with Crippen molar-refractivity contribution in [2.24, 2.45) is 0 Å². The van der Waals surface area contributed by atoms with Crippen LogP contribution in [-0.4, -0.2) is 51.0 Å². The molecule has 6 heteroatoms. The Hall–Kier alpha value is -1.40. The summed E-state index contributed by atoms with van der Waals surface area (Å²) in [4.78, 5) is 13.9. The van der Waals surface area contributed by atoms with Gasteiger partial charge in [0.15, 0.2) is 0 Å². The van der Waals surface area contributed by atoms with Gasteiger partial charge in [-0.2, -0.15) is 0 Å². The van der Waals surface area contributed by atoms with Gasteiger partial charge in [0.25, 0.3) is 0 Å². The second-order valence-electron chi connectivity index (χ2n) is 5.87. The van der Waals surface area contributed by atoms with Crippen LogP contribution in [0.15, 0.2) is 4.52 Å². The third-order valence-electron chi connectivity index (χ3n) is 4.56. The fourth-order valence-corrected chi connectivity index (χ4v) is 2.85. The third-order valence-corrected chi connectivity index (χ3v) is 4.56. The Morgan fingerprint density at radius 2 is 2.24 bits per heavy atom. The average molecular weight is 296 g/mol. The molecule has 1 aliphatic rings. The number of aliphatic hydroxyl groups is 2. The predicted octanol–water partition coefficient (Wildman–Crippen LogP) is 0.958. The maximum Gasteiger partial charge on any atom is 0.222 e. The van der Waals surface area contributed by atoms with Crippen molar-refractivity contribution in [2.75, 3.05) is 13.1 Å². The highest BCUT2D eigenvalue weighted by atomic mass is 16.5. The number of aryl methyl sites for hydroxylation is 2. The molecule has 0 bridgehead atoms. The van der Waals surface area contributed by atoms with E-state index in [9.17, 15) is 15.0 Å². The quantitative estimate of drug-likeness (QED) is 0.864. The number of rotatable bonds is 4. The number of hydrogen-bond acceptors (Lipinski definition) is 5. The van der Waals surface area contributed by atoms with Gasteiger partial charge in [0.05, 0.1) is 11.3 Å². The molecule has 0 aromatic carbocycles. The van der Waals surface area contributed by atoms with Crippen LogP contribution >= 0.6 is 0 Å². The lowest BCUT2D eigenvalue weighted by Crippen LogP contribution is -2.56. The topological polar surface area (TPSA) is 86.8 Å². The zero-order valence-electron chi connectivity index (χ0n) is 12.9. The highest BCUT2D eigenvalue weighted by Crippen LogP contribution is 2.26. The lowest BCUT2D eigenvalue weighted by Gasteiger charge is -2.41. The molecular formula is C15H24N2O4. The van der Waals surface area contributed by atoms with Crippen LogP contribution < -0.4 is 0 Å². The lowest BCUT2D eigenvalue weighted by molar-refractivity contribution is -0.149. The fourth-order valence-electron chi connectivity index (χ4n) is 2.85. The van der Waals surface area contributed by atoms with Crippen molar-refractivity contribution in [1.82, 2.24) is 10.1 Å². The van der Waals surface area contributed by atoms with Crippen LogP contribution in [0.4, 0.5) is 0 Å². The van der Waals surface area contributed by atoms with E-state index in [1.807, 2.05) is 20.8 Å². The van der Waals surface area contributed by atoms with Crippen LogP contribution in [0, 0.1) is 13.8 Å². The summed E-state index contributed by atoms with van der Waals surface area (Å²) in [5, 5.41) is 24.1. The van der Waals surface area contributed by atoms with Gasteiger partial charge in [0.1, 0.15) is 11.9 Å². The third kappa shape index (κ3) is 3.27. The molecule has 0 unspecified atom stereocenters. The molecule has 118 valence electrons. The molecule has 2 atom stereocenters. The molecule has 2 N–H and O–H groups in total. The van der Waals surface area contributed by atoms with E-state index >= 15 is 0 Å². The number of aromatic nitrogens is 1. The molecule has 1 aliphatic heterocycles. The van der Waals surface area contributed by atoms with Crippen LogP contribution in [-0.2, 0) is 11.2 Å². The summed E-state index contributed by atoms with van der Waals surface area (Å²) in [5.74, 6) is 0.742. The Kier molecular flexibility index (Phi) is 4.68. The summed E-state index contributed by atoms with van der Waals surface area (Å²) in [6, 6.07) is 0. The number of carbonyl (C=O) groups excluding carboxylic acids is 1. The number of amides is 1. The van der Waals surface area contributed by atoms with E-state index in [1.165, 1.54) is 0 Å². The second-order valence-corrected chi connectivity index (χ2v) is 5.87. The maximum atomic E-state index is 12.2. The van der Waals surface area contributed by atoms with Crippen LogP contribution in [0.1, 0.15) is 43.2 Å². The van der Waals surface area contributed by atoms with Crippen LogP contribution in [0.2, 0.25) is 0 Å². The van der Waals surface area contributed by atoms with E-state index in [2.05, 4.69) is 5.16 Å². The first-order valence-corrected chi connectivity index (χ1v) is 7.47. The number of carbonyl (C=O) groups is 1. The van der Waals surface area contributed by atoms with E-state index in [4.69, 9.17) is 4.52 Å². The zero-order valence-corrected chi connectivity index (χ0v) is 12.9. The Labute approximate surface area is 124 Å². The van der Waals surface area contributed by atoms with Crippen molar-refractivity contribution in [3.63, 3.8) is 0 Å². The normalized spacial score (nSPS) is 26.1. The first-order chi connectivity index (χ1) is 9.87. The fraction of sp³-hybridized carbons (Fsp3) is 0.733. The lowest BCUT2D eigenvalue weighted by atomic mass is 9.86. The van der Waals surface area contributed by atoms with Gasteiger partial charge in [0.2, 0.25) is 5.91 Å². The summed E-state index contributed by atoms with van der Waals surface area (Å²) in [7, 11) is 0. The summed E-state index contributed by atoms with van der Waals surface area (Å²) in [6.07, 6.45) is 0.987. The molecule has 1 fully saturated rings. The monoisotopic (exact) mass is 296 g/mol. The van der Waals surface area contributed by atoms with Gasteiger partial charge in [-0.25, -0.2) is 0 Å². The first-order valence-electron chi connectivity index (χ1n) is 7.47. The number of nitrogens with zero attached hydrogens (tertiary/aromatic N) is 2. The Balaban J connectivity index is 1.91. The van der Waals surface area contributed by atoms with Gasteiger partial charge in [-0.15, -0.1) is 0 Å². The van der Waals surface area contributed by atoms with Gasteiger partial charge in [-0.3, -0.25) is 4.79 Å². The zero-order chi connectivity index (χ0) is 15.6. The van der Waals surface area contributed by atoms with Crippen LogP contribution in [0.5, 0.6) is 0 Å². The molecule has 1 aromatic heterocycles. The first kappa shape index (κ1) is 16.0. The van der Waals surface area contributed by atoms with Gasteiger partial charge in [0, 0.05) is 25.1 Å². The van der Waals surface area contributed by atoms with E-state index in [1.54, 1.807) is 4.90 Å². The Morgan fingerprint density at radius 3 is 2.76 bits per heavy atom. The van der Waals surface area contributed by atoms with Crippen molar-refractivity contribution in [2.45, 2.75) is 58.2 Å². The molecule has 0 radical (unpaired) electrons. The Morgan fingerprint density at radius 1 is 1.52 bits per heavy atom. The predicted molar refractivity (Wildman–Crippen MR) is 76.7 cm³/mol. The molecule has 1 aromatic rings. The molecule has 0 spiro atoms. The van der Waals surface area contributed by atoms with Gasteiger partial charge >= 0.3 is 0 Å². The SMILES string of the molecule is CC[C@@]1(O)CCN(C(=O)CCc2c(C)noc2C)C[C@H]1O. The molecule has 21 heavy (non-hydrogen) atoms. The average Bonchev–Trinajstić information content (AvgIpc) is 2.78. The largest absolute Gasteiger partial charge is 0.388 e. The number of hydrogen-bond donors (Lipinski definition) is 2. The highest BCUT2D eigenvalue weighted by molar-refractivity contribution is 5.76. The van der Waals surface area contributed by atoms with Gasteiger partial charge in [-0.1, -0.05) is 12.1 Å². The summed E-state index contributed by atoms with van der Waals surface area (Å²) in [6.45, 7) is 6.24. The van der Waals surface area contributed by atoms with E-state index in [-0.39, 0.29) is 12.5 Å². The smallest absolute Gasteiger partial charge is 0.222 e. The van der Waals surface area contributed by atoms with Crippen LogP contribution in [0.3, 0.4) is 0 Å². The van der Waals surface area contributed by atoms with Crippen molar-refractivity contribution >= 4 is 5.91 Å².